The molecule has 4 rings (SSSR count). The maximum atomic E-state index is 13.5. The highest BCUT2D eigenvalue weighted by Gasteiger charge is 2.35. The number of nitrogens with zero attached hydrogens (tertiary/aromatic N) is 2. The molecule has 1 aromatic carbocycles. The SMILES string of the molecule is CCc1nocc1C(=O)NC(C(=O)Nc1ccc(-c2c(C(F)(F)F)ccnc2C)cc1)C1CCCC1. The Bertz CT molecular complexity index is 1230. The van der Waals surface area contributed by atoms with Crippen LogP contribution in [0.2, 0.25) is 0 Å². The fourth-order valence-corrected chi connectivity index (χ4v) is 4.71. The van der Waals surface area contributed by atoms with Crippen LogP contribution in [0.15, 0.2) is 47.3 Å². The highest BCUT2D eigenvalue weighted by Crippen LogP contribution is 2.38. The molecule has 1 saturated carbocycles. The third-order valence-electron chi connectivity index (χ3n) is 6.55. The van der Waals surface area contributed by atoms with Crippen molar-refractivity contribution in [2.75, 3.05) is 5.32 Å². The third kappa shape index (κ3) is 5.42. The summed E-state index contributed by atoms with van der Waals surface area (Å²) in [4.78, 5) is 30.1. The number of amides is 2. The molecular formula is C26H27F3N4O3. The number of nitrogens with one attached hydrogen (secondary N) is 2. The Hall–Kier alpha value is -3.69. The zero-order valence-electron chi connectivity index (χ0n) is 20.0. The minimum absolute atomic E-state index is 0.000535. The van der Waals surface area contributed by atoms with Crippen LogP contribution in [0.25, 0.3) is 11.1 Å². The number of carbonyl (C=O) groups is 2. The average molecular weight is 501 g/mol. The van der Waals surface area contributed by atoms with Gasteiger partial charge >= 0.3 is 6.18 Å². The van der Waals surface area contributed by atoms with E-state index >= 15 is 0 Å². The molecule has 2 N–H and O–H groups in total. The van der Waals surface area contributed by atoms with Crippen molar-refractivity contribution in [3.8, 4) is 11.1 Å². The van der Waals surface area contributed by atoms with Gasteiger partial charge in [0.2, 0.25) is 5.91 Å². The first kappa shape index (κ1) is 25.4. The van der Waals surface area contributed by atoms with Crippen molar-refractivity contribution in [1.29, 1.82) is 0 Å². The highest BCUT2D eigenvalue weighted by molar-refractivity contribution is 6.01. The van der Waals surface area contributed by atoms with E-state index in [1.54, 1.807) is 12.1 Å². The fraction of sp³-hybridized carbons (Fsp3) is 0.385. The van der Waals surface area contributed by atoms with Gasteiger partial charge < -0.3 is 15.2 Å². The lowest BCUT2D eigenvalue weighted by molar-refractivity contribution is -0.137. The number of halogens is 3. The number of rotatable bonds is 7. The number of anilines is 1. The lowest BCUT2D eigenvalue weighted by atomic mass is 9.96. The molecule has 0 radical (unpaired) electrons. The number of hydrogen-bond donors (Lipinski definition) is 2. The molecule has 1 fully saturated rings. The van der Waals surface area contributed by atoms with E-state index in [1.165, 1.54) is 25.3 Å². The molecule has 0 spiro atoms. The number of aromatic nitrogens is 2. The second-order valence-corrected chi connectivity index (χ2v) is 8.91. The Morgan fingerprint density at radius 3 is 2.47 bits per heavy atom. The summed E-state index contributed by atoms with van der Waals surface area (Å²) in [5.74, 6) is -0.834. The number of hydrogen-bond acceptors (Lipinski definition) is 5. The van der Waals surface area contributed by atoms with Crippen molar-refractivity contribution < 1.29 is 27.3 Å². The van der Waals surface area contributed by atoms with Gasteiger partial charge in [0, 0.05) is 23.1 Å². The van der Waals surface area contributed by atoms with Crippen molar-refractivity contribution in [2.45, 2.75) is 58.2 Å². The van der Waals surface area contributed by atoms with E-state index in [4.69, 9.17) is 4.52 Å². The lowest BCUT2D eigenvalue weighted by Crippen LogP contribution is -2.48. The summed E-state index contributed by atoms with van der Waals surface area (Å²) in [6.07, 6.45) is 1.95. The predicted octanol–water partition coefficient (Wildman–Crippen LogP) is 5.55. The van der Waals surface area contributed by atoms with Crippen molar-refractivity contribution in [3.63, 3.8) is 0 Å². The normalized spacial score (nSPS) is 15.0. The summed E-state index contributed by atoms with van der Waals surface area (Å²) in [7, 11) is 0. The monoisotopic (exact) mass is 500 g/mol. The van der Waals surface area contributed by atoms with Crippen LogP contribution in [0.5, 0.6) is 0 Å². The molecule has 1 aliphatic carbocycles. The predicted molar refractivity (Wildman–Crippen MR) is 127 cm³/mol. The van der Waals surface area contributed by atoms with Crippen molar-refractivity contribution in [2.24, 2.45) is 5.92 Å². The van der Waals surface area contributed by atoms with Crippen LogP contribution >= 0.6 is 0 Å². The van der Waals surface area contributed by atoms with Gasteiger partial charge in [0.05, 0.1) is 11.3 Å². The van der Waals surface area contributed by atoms with Crippen molar-refractivity contribution in [3.05, 3.63) is 65.3 Å². The molecule has 0 saturated heterocycles. The Morgan fingerprint density at radius 2 is 1.83 bits per heavy atom. The van der Waals surface area contributed by atoms with Crippen LogP contribution < -0.4 is 10.6 Å². The van der Waals surface area contributed by atoms with Crippen LogP contribution in [0.1, 0.15) is 59.9 Å². The van der Waals surface area contributed by atoms with E-state index < -0.39 is 23.7 Å². The van der Waals surface area contributed by atoms with E-state index in [1.807, 2.05) is 6.92 Å². The molecule has 36 heavy (non-hydrogen) atoms. The smallest absolute Gasteiger partial charge is 0.364 e. The summed E-state index contributed by atoms with van der Waals surface area (Å²) in [6.45, 7) is 3.37. The van der Waals surface area contributed by atoms with Crippen LogP contribution in [0.4, 0.5) is 18.9 Å². The van der Waals surface area contributed by atoms with Gasteiger partial charge in [-0.2, -0.15) is 13.2 Å². The first-order valence-corrected chi connectivity index (χ1v) is 11.9. The molecule has 3 aromatic rings. The van der Waals surface area contributed by atoms with Gasteiger partial charge in [0.15, 0.2) is 0 Å². The molecule has 2 heterocycles. The first-order chi connectivity index (χ1) is 17.2. The minimum atomic E-state index is -4.52. The maximum absolute atomic E-state index is 13.5. The van der Waals surface area contributed by atoms with Crippen LogP contribution in [-0.2, 0) is 17.4 Å². The van der Waals surface area contributed by atoms with E-state index in [9.17, 15) is 22.8 Å². The average Bonchev–Trinajstić information content (AvgIpc) is 3.54. The van der Waals surface area contributed by atoms with Gasteiger partial charge in [0.25, 0.3) is 5.91 Å². The second kappa shape index (κ2) is 10.5. The largest absolute Gasteiger partial charge is 0.417 e. The molecule has 2 amide bonds. The van der Waals surface area contributed by atoms with Crippen LogP contribution in [0.3, 0.4) is 0 Å². The summed E-state index contributed by atoms with van der Waals surface area (Å²) < 4.78 is 45.5. The number of pyridine rings is 1. The fourth-order valence-electron chi connectivity index (χ4n) is 4.71. The molecule has 1 unspecified atom stereocenters. The number of aryl methyl sites for hydroxylation is 2. The van der Waals surface area contributed by atoms with Gasteiger partial charge in [-0.25, -0.2) is 0 Å². The summed E-state index contributed by atoms with van der Waals surface area (Å²) in [5.41, 5.74) is 1.05. The summed E-state index contributed by atoms with van der Waals surface area (Å²) in [6, 6.07) is 6.31. The van der Waals surface area contributed by atoms with E-state index in [-0.39, 0.29) is 23.1 Å². The topological polar surface area (TPSA) is 97.1 Å². The standard InChI is InChI=1S/C26H27F3N4O3/c1-3-21-19(14-36-33-21)24(34)32-23(17-6-4-5-7-17)25(35)31-18-10-8-16(9-11-18)22-15(2)30-13-12-20(22)26(27,28)29/h8-14,17,23H,3-7H2,1-2H3,(H,31,35)(H,32,34). The van der Waals surface area contributed by atoms with Gasteiger partial charge in [-0.3, -0.25) is 14.6 Å². The van der Waals surface area contributed by atoms with Gasteiger partial charge in [-0.1, -0.05) is 37.1 Å². The zero-order valence-corrected chi connectivity index (χ0v) is 20.0. The maximum Gasteiger partial charge on any atom is 0.417 e. The lowest BCUT2D eigenvalue weighted by Gasteiger charge is -2.24. The summed E-state index contributed by atoms with van der Waals surface area (Å²) in [5, 5.41) is 9.47. The number of benzene rings is 1. The zero-order chi connectivity index (χ0) is 25.9. The van der Waals surface area contributed by atoms with Gasteiger partial charge in [-0.05, 0) is 55.9 Å². The molecule has 0 bridgehead atoms. The Morgan fingerprint density at radius 1 is 1.14 bits per heavy atom. The Kier molecular flexibility index (Phi) is 7.42. The second-order valence-electron chi connectivity index (χ2n) is 8.91. The van der Waals surface area contributed by atoms with Gasteiger partial charge in [-0.15, -0.1) is 0 Å². The summed E-state index contributed by atoms with van der Waals surface area (Å²) >= 11 is 0. The molecule has 1 atom stereocenters. The van der Waals surface area contributed by atoms with Crippen molar-refractivity contribution >= 4 is 17.5 Å². The molecule has 190 valence electrons. The molecule has 0 aliphatic heterocycles. The van der Waals surface area contributed by atoms with E-state index in [2.05, 4.69) is 20.8 Å². The molecule has 1 aliphatic rings. The quantitative estimate of drug-likeness (QED) is 0.443. The molecular weight excluding hydrogens is 473 g/mol. The van der Waals surface area contributed by atoms with Crippen LogP contribution in [-0.4, -0.2) is 28.0 Å². The molecule has 10 heteroatoms. The van der Waals surface area contributed by atoms with Crippen LogP contribution in [0, 0.1) is 12.8 Å². The van der Waals surface area contributed by atoms with E-state index in [0.29, 0.717) is 28.9 Å². The molecule has 2 aromatic heterocycles. The van der Waals surface area contributed by atoms with E-state index in [0.717, 1.165) is 37.9 Å². The highest BCUT2D eigenvalue weighted by atomic mass is 19.4. The Balaban J connectivity index is 1.53. The van der Waals surface area contributed by atoms with Gasteiger partial charge in [0.1, 0.15) is 17.9 Å². The minimum Gasteiger partial charge on any atom is -0.364 e. The number of carbonyl (C=O) groups excluding carboxylic acids is 2. The third-order valence-corrected chi connectivity index (χ3v) is 6.55. The van der Waals surface area contributed by atoms with Crippen molar-refractivity contribution in [1.82, 2.24) is 15.5 Å². The number of alkyl halides is 3. The molecule has 7 nitrogen and oxygen atoms in total. The Labute approximate surface area is 206 Å². The first-order valence-electron chi connectivity index (χ1n) is 11.9.